The highest BCUT2D eigenvalue weighted by Gasteiger charge is 2.19. The summed E-state index contributed by atoms with van der Waals surface area (Å²) in [6, 6.07) is 10.7. The van der Waals surface area contributed by atoms with Gasteiger partial charge in [-0.2, -0.15) is 0 Å². The minimum absolute atomic E-state index is 0.302. The van der Waals surface area contributed by atoms with Crippen LogP contribution in [0.3, 0.4) is 0 Å². The van der Waals surface area contributed by atoms with Crippen molar-refractivity contribution in [1.82, 2.24) is 14.3 Å². The quantitative estimate of drug-likeness (QED) is 0.781. The third-order valence-corrected chi connectivity index (χ3v) is 6.23. The molecule has 114 valence electrons. The fourth-order valence-corrected chi connectivity index (χ4v) is 4.36. The molecule has 0 saturated heterocycles. The van der Waals surface area contributed by atoms with Crippen molar-refractivity contribution in [2.75, 3.05) is 0 Å². The van der Waals surface area contributed by atoms with Gasteiger partial charge in [-0.05, 0) is 36.1 Å². The van der Waals surface area contributed by atoms with Gasteiger partial charge in [0.25, 0.3) is 10.0 Å². The molecular weight excluding hydrogens is 318 g/mol. The first-order valence-electron chi connectivity index (χ1n) is 6.70. The molecule has 0 aliphatic heterocycles. The Morgan fingerprint density at radius 1 is 1.23 bits per heavy atom. The summed E-state index contributed by atoms with van der Waals surface area (Å²) in [4.78, 5) is 4.01. The van der Waals surface area contributed by atoms with Crippen molar-refractivity contribution in [3.63, 3.8) is 0 Å². The summed E-state index contributed by atoms with van der Waals surface area (Å²) in [5.74, 6) is 0. The average Bonchev–Trinajstić information content (AvgIpc) is 3.20. The number of benzene rings is 1. The lowest BCUT2D eigenvalue weighted by atomic mass is 10.1. The molecule has 0 saturated carbocycles. The Morgan fingerprint density at radius 2 is 2.00 bits per heavy atom. The third-order valence-electron chi connectivity index (χ3n) is 3.29. The van der Waals surface area contributed by atoms with Gasteiger partial charge >= 0.3 is 0 Å². The number of thiophene rings is 1. The fraction of sp³-hybridized carbons (Fsp3) is 0.133. The average molecular weight is 333 g/mol. The Bertz CT molecular complexity index is 824. The molecule has 1 N–H and O–H groups in total. The van der Waals surface area contributed by atoms with E-state index in [1.807, 2.05) is 42.0 Å². The van der Waals surface area contributed by atoms with E-state index in [0.717, 1.165) is 11.3 Å². The Morgan fingerprint density at radius 3 is 2.59 bits per heavy atom. The minimum atomic E-state index is -3.46. The molecule has 0 amide bonds. The summed E-state index contributed by atoms with van der Waals surface area (Å²) < 4.78 is 29.3. The van der Waals surface area contributed by atoms with Crippen LogP contribution in [0.4, 0.5) is 0 Å². The number of hydrogen-bond acceptors (Lipinski definition) is 4. The summed E-state index contributed by atoms with van der Waals surface area (Å²) in [5, 5.41) is 1.75. The summed E-state index contributed by atoms with van der Waals surface area (Å²) in [7, 11) is -3.46. The standard InChI is InChI=1S/C15H15N3O2S2/c1-12(17-22(19,20)15-3-2-10-21-15)13-4-6-14(7-5-13)18-9-8-16-11-18/h2-12,17H,1H3. The second kappa shape index (κ2) is 6.04. The monoisotopic (exact) mass is 333 g/mol. The van der Waals surface area contributed by atoms with Gasteiger partial charge in [0.05, 0.1) is 6.33 Å². The van der Waals surface area contributed by atoms with E-state index in [1.54, 1.807) is 30.0 Å². The van der Waals surface area contributed by atoms with E-state index in [-0.39, 0.29) is 6.04 Å². The smallest absolute Gasteiger partial charge is 0.250 e. The van der Waals surface area contributed by atoms with Crippen molar-refractivity contribution in [2.45, 2.75) is 17.2 Å². The molecular formula is C15H15N3O2S2. The molecule has 3 aromatic rings. The number of aromatic nitrogens is 2. The van der Waals surface area contributed by atoms with E-state index in [0.29, 0.717) is 4.21 Å². The van der Waals surface area contributed by atoms with Gasteiger partial charge in [-0.1, -0.05) is 18.2 Å². The highest BCUT2D eigenvalue weighted by atomic mass is 32.2. The second-order valence-corrected chi connectivity index (χ2v) is 7.73. The predicted octanol–water partition coefficient (Wildman–Crippen LogP) is 2.97. The molecule has 1 unspecified atom stereocenters. The van der Waals surface area contributed by atoms with Crippen LogP contribution in [0.1, 0.15) is 18.5 Å². The number of nitrogens with one attached hydrogen (secondary N) is 1. The van der Waals surface area contributed by atoms with Crippen LogP contribution in [0.2, 0.25) is 0 Å². The highest BCUT2D eigenvalue weighted by molar-refractivity contribution is 7.91. The molecule has 0 fully saturated rings. The maximum Gasteiger partial charge on any atom is 0.250 e. The molecule has 1 aromatic carbocycles. The van der Waals surface area contributed by atoms with E-state index in [2.05, 4.69) is 9.71 Å². The van der Waals surface area contributed by atoms with Crippen LogP contribution in [0.15, 0.2) is 64.7 Å². The van der Waals surface area contributed by atoms with Crippen molar-refractivity contribution < 1.29 is 8.42 Å². The molecule has 0 bridgehead atoms. The molecule has 0 aliphatic carbocycles. The summed E-state index contributed by atoms with van der Waals surface area (Å²) in [6.45, 7) is 1.83. The lowest BCUT2D eigenvalue weighted by Gasteiger charge is -2.14. The molecule has 1 atom stereocenters. The molecule has 0 spiro atoms. The summed E-state index contributed by atoms with van der Waals surface area (Å²) >= 11 is 1.21. The van der Waals surface area contributed by atoms with E-state index in [1.165, 1.54) is 11.3 Å². The van der Waals surface area contributed by atoms with Crippen molar-refractivity contribution in [2.24, 2.45) is 0 Å². The Balaban J connectivity index is 1.77. The molecule has 7 heteroatoms. The minimum Gasteiger partial charge on any atom is -0.306 e. The van der Waals surface area contributed by atoms with Crippen molar-refractivity contribution >= 4 is 21.4 Å². The topological polar surface area (TPSA) is 64.0 Å². The van der Waals surface area contributed by atoms with Crippen LogP contribution >= 0.6 is 11.3 Å². The van der Waals surface area contributed by atoms with Crippen molar-refractivity contribution in [1.29, 1.82) is 0 Å². The fourth-order valence-electron chi connectivity index (χ4n) is 2.12. The van der Waals surface area contributed by atoms with Crippen LogP contribution in [0.5, 0.6) is 0 Å². The van der Waals surface area contributed by atoms with Gasteiger partial charge in [-0.3, -0.25) is 0 Å². The number of rotatable bonds is 5. The normalized spacial score (nSPS) is 13.1. The first kappa shape index (κ1) is 15.0. The van der Waals surface area contributed by atoms with Gasteiger partial charge in [0.2, 0.25) is 0 Å². The third kappa shape index (κ3) is 3.11. The largest absolute Gasteiger partial charge is 0.306 e. The van der Waals surface area contributed by atoms with E-state index in [4.69, 9.17) is 0 Å². The van der Waals surface area contributed by atoms with Crippen LogP contribution in [0, 0.1) is 0 Å². The van der Waals surface area contributed by atoms with Crippen LogP contribution in [-0.2, 0) is 10.0 Å². The molecule has 0 radical (unpaired) electrons. The van der Waals surface area contributed by atoms with Crippen molar-refractivity contribution in [3.8, 4) is 5.69 Å². The first-order chi connectivity index (χ1) is 10.6. The number of hydrogen-bond donors (Lipinski definition) is 1. The van der Waals surface area contributed by atoms with E-state index in [9.17, 15) is 8.42 Å². The maximum absolute atomic E-state index is 12.2. The van der Waals surface area contributed by atoms with Gasteiger partial charge in [0, 0.05) is 24.1 Å². The predicted molar refractivity (Wildman–Crippen MR) is 86.6 cm³/mol. The molecule has 22 heavy (non-hydrogen) atoms. The molecule has 0 aliphatic rings. The maximum atomic E-state index is 12.2. The SMILES string of the molecule is CC(NS(=O)(=O)c1cccs1)c1ccc(-n2ccnc2)cc1. The second-order valence-electron chi connectivity index (χ2n) is 4.84. The molecule has 3 rings (SSSR count). The number of sulfonamides is 1. The Hall–Kier alpha value is -1.96. The molecule has 5 nitrogen and oxygen atoms in total. The first-order valence-corrected chi connectivity index (χ1v) is 9.07. The summed E-state index contributed by atoms with van der Waals surface area (Å²) in [6.07, 6.45) is 5.29. The molecule has 2 aromatic heterocycles. The zero-order valence-electron chi connectivity index (χ0n) is 11.9. The van der Waals surface area contributed by atoms with Crippen LogP contribution < -0.4 is 4.72 Å². The van der Waals surface area contributed by atoms with Gasteiger partial charge < -0.3 is 4.57 Å². The Kier molecular flexibility index (Phi) is 4.10. The van der Waals surface area contributed by atoms with Crippen LogP contribution in [-0.4, -0.2) is 18.0 Å². The number of imidazole rings is 1. The zero-order chi connectivity index (χ0) is 15.6. The van der Waals surface area contributed by atoms with Crippen molar-refractivity contribution in [3.05, 3.63) is 66.1 Å². The lowest BCUT2D eigenvalue weighted by Crippen LogP contribution is -2.26. The zero-order valence-corrected chi connectivity index (χ0v) is 13.5. The van der Waals surface area contributed by atoms with Gasteiger partial charge in [-0.15, -0.1) is 11.3 Å². The van der Waals surface area contributed by atoms with Crippen LogP contribution in [0.25, 0.3) is 5.69 Å². The van der Waals surface area contributed by atoms with E-state index < -0.39 is 10.0 Å². The lowest BCUT2D eigenvalue weighted by molar-refractivity contribution is 0.569. The number of nitrogens with zero attached hydrogens (tertiary/aromatic N) is 2. The summed E-state index contributed by atoms with van der Waals surface area (Å²) in [5.41, 5.74) is 1.89. The van der Waals surface area contributed by atoms with Gasteiger partial charge in [-0.25, -0.2) is 18.1 Å². The molecule has 2 heterocycles. The van der Waals surface area contributed by atoms with Gasteiger partial charge in [0.15, 0.2) is 0 Å². The van der Waals surface area contributed by atoms with Gasteiger partial charge in [0.1, 0.15) is 4.21 Å². The Labute approximate surface area is 133 Å². The highest BCUT2D eigenvalue weighted by Crippen LogP contribution is 2.21. The van der Waals surface area contributed by atoms with E-state index >= 15 is 0 Å².